The molecule has 1 aliphatic heterocycles. The molecule has 7 heteroatoms. The zero-order chi connectivity index (χ0) is 14.8. The van der Waals surface area contributed by atoms with Crippen molar-refractivity contribution in [1.29, 1.82) is 0 Å². The number of halogens is 2. The van der Waals surface area contributed by atoms with Crippen LogP contribution in [0.3, 0.4) is 0 Å². The van der Waals surface area contributed by atoms with Gasteiger partial charge in [-0.15, -0.1) is 0 Å². The molecular formula is C13H13BrINO4. The smallest absolute Gasteiger partial charge is 0.329 e. The Kier molecular flexibility index (Phi) is 5.03. The Labute approximate surface area is 138 Å². The summed E-state index contributed by atoms with van der Waals surface area (Å²) in [5.41, 5.74) is -0.770. The lowest BCUT2D eigenvalue weighted by atomic mass is 9.89. The molecule has 5 nitrogen and oxygen atoms in total. The predicted octanol–water partition coefficient (Wildman–Crippen LogP) is 2.42. The van der Waals surface area contributed by atoms with Crippen molar-refractivity contribution < 1.29 is 19.4 Å². The Morgan fingerprint density at radius 3 is 2.60 bits per heavy atom. The molecule has 1 aromatic carbocycles. The molecule has 108 valence electrons. The summed E-state index contributed by atoms with van der Waals surface area (Å²) in [6.45, 7) is 0.671. The van der Waals surface area contributed by atoms with E-state index < -0.39 is 11.5 Å². The molecule has 0 unspecified atom stereocenters. The summed E-state index contributed by atoms with van der Waals surface area (Å²) in [5.74, 6) is -1.39. The minimum Gasteiger partial charge on any atom is -0.480 e. The summed E-state index contributed by atoms with van der Waals surface area (Å²) in [6, 6.07) is 5.32. The Balaban J connectivity index is 2.24. The number of carbonyl (C=O) groups is 2. The van der Waals surface area contributed by atoms with Gasteiger partial charge in [0.2, 0.25) is 0 Å². The van der Waals surface area contributed by atoms with Gasteiger partial charge in [0.15, 0.2) is 0 Å². The topological polar surface area (TPSA) is 75.6 Å². The lowest BCUT2D eigenvalue weighted by molar-refractivity contribution is -0.148. The van der Waals surface area contributed by atoms with Gasteiger partial charge in [-0.05, 0) is 40.8 Å². The Morgan fingerprint density at radius 1 is 1.35 bits per heavy atom. The van der Waals surface area contributed by atoms with Gasteiger partial charge < -0.3 is 15.2 Å². The first-order chi connectivity index (χ1) is 9.44. The quantitative estimate of drug-likeness (QED) is 0.689. The van der Waals surface area contributed by atoms with Gasteiger partial charge in [-0.2, -0.15) is 0 Å². The maximum absolute atomic E-state index is 12.4. The van der Waals surface area contributed by atoms with E-state index in [1.807, 2.05) is 6.07 Å². The molecule has 20 heavy (non-hydrogen) atoms. The van der Waals surface area contributed by atoms with Gasteiger partial charge in [-0.1, -0.05) is 15.9 Å². The monoisotopic (exact) mass is 453 g/mol. The largest absolute Gasteiger partial charge is 0.480 e. The van der Waals surface area contributed by atoms with Gasteiger partial charge in [0.1, 0.15) is 5.54 Å². The van der Waals surface area contributed by atoms with E-state index in [1.165, 1.54) is 0 Å². The van der Waals surface area contributed by atoms with Crippen molar-refractivity contribution in [3.05, 3.63) is 31.8 Å². The number of hydrogen-bond acceptors (Lipinski definition) is 3. The average molecular weight is 454 g/mol. The van der Waals surface area contributed by atoms with Gasteiger partial charge >= 0.3 is 5.97 Å². The molecule has 0 atom stereocenters. The van der Waals surface area contributed by atoms with Gasteiger partial charge in [0.25, 0.3) is 5.91 Å². The van der Waals surface area contributed by atoms with Crippen LogP contribution in [0, 0.1) is 3.57 Å². The lowest BCUT2D eigenvalue weighted by Crippen LogP contribution is -2.57. The molecule has 1 saturated heterocycles. The first-order valence-corrected chi connectivity index (χ1v) is 7.90. The summed E-state index contributed by atoms with van der Waals surface area (Å²) in [7, 11) is 0. The van der Waals surface area contributed by atoms with E-state index in [2.05, 4.69) is 43.8 Å². The van der Waals surface area contributed by atoms with Crippen molar-refractivity contribution >= 4 is 50.4 Å². The number of carboxylic acid groups (broad SMARTS) is 1. The van der Waals surface area contributed by atoms with Gasteiger partial charge in [-0.3, -0.25) is 4.79 Å². The van der Waals surface area contributed by atoms with E-state index in [0.717, 1.165) is 8.04 Å². The first-order valence-electron chi connectivity index (χ1n) is 6.03. The van der Waals surface area contributed by atoms with Crippen molar-refractivity contribution in [2.24, 2.45) is 0 Å². The van der Waals surface area contributed by atoms with Crippen molar-refractivity contribution in [2.45, 2.75) is 18.4 Å². The van der Waals surface area contributed by atoms with E-state index >= 15 is 0 Å². The standard InChI is InChI=1S/C13H13BrINO4/c14-8-1-2-10(15)9(7-8)11(17)16-13(12(18)19)3-5-20-6-4-13/h1-2,7H,3-6H2,(H,16,17)(H,18,19). The van der Waals surface area contributed by atoms with Crippen molar-refractivity contribution in [2.75, 3.05) is 13.2 Å². The summed E-state index contributed by atoms with van der Waals surface area (Å²) in [5, 5.41) is 12.1. The van der Waals surface area contributed by atoms with Gasteiger partial charge in [-0.25, -0.2) is 4.79 Å². The number of benzene rings is 1. The lowest BCUT2D eigenvalue weighted by Gasteiger charge is -2.34. The van der Waals surface area contributed by atoms with Crippen molar-refractivity contribution in [3.8, 4) is 0 Å². The molecule has 1 aliphatic rings. The number of carbonyl (C=O) groups excluding carboxylic acids is 1. The molecule has 0 radical (unpaired) electrons. The van der Waals surface area contributed by atoms with Gasteiger partial charge in [0.05, 0.1) is 5.56 Å². The molecule has 1 heterocycles. The van der Waals surface area contributed by atoms with Crippen LogP contribution < -0.4 is 5.32 Å². The second-order valence-electron chi connectivity index (χ2n) is 4.58. The first kappa shape index (κ1) is 15.7. The van der Waals surface area contributed by atoms with Crippen LogP contribution >= 0.6 is 38.5 Å². The maximum Gasteiger partial charge on any atom is 0.329 e. The van der Waals surface area contributed by atoms with E-state index in [0.29, 0.717) is 18.8 Å². The third-order valence-electron chi connectivity index (χ3n) is 3.28. The van der Waals surface area contributed by atoms with E-state index in [-0.39, 0.29) is 18.7 Å². The Morgan fingerprint density at radius 2 is 2.00 bits per heavy atom. The van der Waals surface area contributed by atoms with Crippen molar-refractivity contribution in [1.82, 2.24) is 5.32 Å². The van der Waals surface area contributed by atoms with Crippen LogP contribution in [0.25, 0.3) is 0 Å². The average Bonchev–Trinajstić information content (AvgIpc) is 2.42. The Hall–Kier alpha value is -0.670. The highest BCUT2D eigenvalue weighted by Crippen LogP contribution is 2.24. The number of amides is 1. The second-order valence-corrected chi connectivity index (χ2v) is 6.66. The summed E-state index contributed by atoms with van der Waals surface area (Å²) >= 11 is 5.37. The highest BCUT2D eigenvalue weighted by atomic mass is 127. The number of aliphatic carboxylic acids is 1. The Bertz CT molecular complexity index is 543. The fourth-order valence-corrected chi connectivity index (χ4v) is 3.01. The van der Waals surface area contributed by atoms with Crippen LogP contribution in [0.15, 0.2) is 22.7 Å². The molecular weight excluding hydrogens is 441 g/mol. The van der Waals surface area contributed by atoms with Crippen LogP contribution in [-0.4, -0.2) is 35.7 Å². The normalized spacial score (nSPS) is 17.5. The zero-order valence-electron chi connectivity index (χ0n) is 10.5. The molecule has 0 aliphatic carbocycles. The zero-order valence-corrected chi connectivity index (χ0v) is 14.2. The molecule has 1 fully saturated rings. The number of nitrogens with one attached hydrogen (secondary N) is 1. The third-order valence-corrected chi connectivity index (χ3v) is 4.72. The highest BCUT2D eigenvalue weighted by Gasteiger charge is 2.41. The van der Waals surface area contributed by atoms with E-state index in [1.54, 1.807) is 12.1 Å². The summed E-state index contributed by atoms with van der Waals surface area (Å²) in [6.07, 6.45) is 0.553. The number of rotatable bonds is 3. The molecule has 2 N–H and O–H groups in total. The van der Waals surface area contributed by atoms with Crippen LogP contribution in [0.4, 0.5) is 0 Å². The minimum atomic E-state index is -1.24. The molecule has 0 aromatic heterocycles. The minimum absolute atomic E-state index is 0.276. The van der Waals surface area contributed by atoms with E-state index in [9.17, 15) is 14.7 Å². The number of hydrogen-bond donors (Lipinski definition) is 2. The fourth-order valence-electron chi connectivity index (χ4n) is 2.07. The van der Waals surface area contributed by atoms with Crippen LogP contribution in [0.1, 0.15) is 23.2 Å². The SMILES string of the molecule is O=C(NC1(C(=O)O)CCOCC1)c1cc(Br)ccc1I. The molecule has 2 rings (SSSR count). The summed E-state index contributed by atoms with van der Waals surface area (Å²) < 4.78 is 6.73. The second kappa shape index (κ2) is 6.40. The predicted molar refractivity (Wildman–Crippen MR) is 84.7 cm³/mol. The molecule has 0 spiro atoms. The van der Waals surface area contributed by atoms with Gasteiger partial charge in [0, 0.05) is 34.1 Å². The van der Waals surface area contributed by atoms with E-state index in [4.69, 9.17) is 4.74 Å². The molecule has 1 amide bonds. The van der Waals surface area contributed by atoms with Crippen LogP contribution in [0.5, 0.6) is 0 Å². The number of ether oxygens (including phenoxy) is 1. The number of carboxylic acids is 1. The maximum atomic E-state index is 12.4. The van der Waals surface area contributed by atoms with Crippen LogP contribution in [0.2, 0.25) is 0 Å². The highest BCUT2D eigenvalue weighted by molar-refractivity contribution is 14.1. The molecule has 1 aromatic rings. The molecule has 0 saturated carbocycles. The molecule has 0 bridgehead atoms. The summed E-state index contributed by atoms with van der Waals surface area (Å²) in [4.78, 5) is 23.9. The van der Waals surface area contributed by atoms with Crippen LogP contribution in [-0.2, 0) is 9.53 Å². The third kappa shape index (κ3) is 3.32. The van der Waals surface area contributed by atoms with Crippen molar-refractivity contribution in [3.63, 3.8) is 0 Å². The fraction of sp³-hybridized carbons (Fsp3) is 0.385.